The predicted molar refractivity (Wildman–Crippen MR) is 73.6 cm³/mol. The molecular formula is C15H15FN2O2. The lowest BCUT2D eigenvalue weighted by molar-refractivity contribution is 0.0944. The average molecular weight is 274 g/mol. The quantitative estimate of drug-likeness (QED) is 0.797. The number of rotatable bonds is 4. The highest BCUT2D eigenvalue weighted by molar-refractivity contribution is 5.97. The number of aromatic hydroxyl groups is 1. The fourth-order valence-corrected chi connectivity index (χ4v) is 1.93. The zero-order valence-corrected chi connectivity index (χ0v) is 10.8. The second-order valence-electron chi connectivity index (χ2n) is 4.29. The van der Waals surface area contributed by atoms with Gasteiger partial charge in [0.05, 0.1) is 0 Å². The molecule has 0 radical (unpaired) electrons. The lowest BCUT2D eigenvalue weighted by Crippen LogP contribution is -2.24. The molecule has 0 atom stereocenters. The summed E-state index contributed by atoms with van der Waals surface area (Å²) in [5, 5.41) is 12.1. The summed E-state index contributed by atoms with van der Waals surface area (Å²) in [6, 6.07) is 11.1. The van der Waals surface area contributed by atoms with Crippen LogP contribution in [0.4, 0.5) is 4.39 Å². The van der Waals surface area contributed by atoms with Gasteiger partial charge in [0.2, 0.25) is 0 Å². The topological polar surface area (TPSA) is 75.3 Å². The van der Waals surface area contributed by atoms with Gasteiger partial charge in [-0.05, 0) is 23.3 Å². The summed E-state index contributed by atoms with van der Waals surface area (Å²) in [6.07, 6.45) is 0. The normalized spacial score (nSPS) is 10.3. The van der Waals surface area contributed by atoms with Gasteiger partial charge in [0.1, 0.15) is 17.1 Å². The van der Waals surface area contributed by atoms with E-state index in [-0.39, 0.29) is 17.9 Å². The number of nitrogens with one attached hydrogen (secondary N) is 1. The first-order valence-electron chi connectivity index (χ1n) is 6.16. The molecule has 2 aromatic carbocycles. The minimum atomic E-state index is -0.755. The third-order valence-corrected chi connectivity index (χ3v) is 3.00. The number of carbonyl (C=O) groups excluding carboxylic acids is 1. The van der Waals surface area contributed by atoms with E-state index in [0.29, 0.717) is 6.54 Å². The van der Waals surface area contributed by atoms with Gasteiger partial charge in [0.15, 0.2) is 0 Å². The molecule has 0 bridgehead atoms. The minimum absolute atomic E-state index is 0.222. The van der Waals surface area contributed by atoms with Crippen molar-refractivity contribution in [1.82, 2.24) is 5.32 Å². The molecule has 0 saturated carbocycles. The Hall–Kier alpha value is -2.40. The molecule has 4 nitrogen and oxygen atoms in total. The van der Waals surface area contributed by atoms with Gasteiger partial charge in [-0.25, -0.2) is 4.39 Å². The summed E-state index contributed by atoms with van der Waals surface area (Å²) in [4.78, 5) is 11.9. The number of benzene rings is 2. The van der Waals surface area contributed by atoms with Crippen LogP contribution in [0, 0.1) is 5.82 Å². The highest BCUT2D eigenvalue weighted by atomic mass is 19.1. The Morgan fingerprint density at radius 2 is 1.85 bits per heavy atom. The van der Waals surface area contributed by atoms with Gasteiger partial charge in [-0.1, -0.05) is 30.3 Å². The lowest BCUT2D eigenvalue weighted by atomic mass is 10.1. The number of hydrogen-bond acceptors (Lipinski definition) is 3. The van der Waals surface area contributed by atoms with E-state index < -0.39 is 11.7 Å². The van der Waals surface area contributed by atoms with E-state index in [1.165, 1.54) is 12.1 Å². The Morgan fingerprint density at radius 1 is 1.15 bits per heavy atom. The third kappa shape index (κ3) is 2.95. The van der Waals surface area contributed by atoms with E-state index >= 15 is 0 Å². The lowest BCUT2D eigenvalue weighted by Gasteiger charge is -2.10. The van der Waals surface area contributed by atoms with Crippen LogP contribution in [0.3, 0.4) is 0 Å². The van der Waals surface area contributed by atoms with Crippen molar-refractivity contribution in [2.24, 2.45) is 5.73 Å². The van der Waals surface area contributed by atoms with Gasteiger partial charge >= 0.3 is 0 Å². The van der Waals surface area contributed by atoms with Crippen LogP contribution in [0.15, 0.2) is 42.5 Å². The predicted octanol–water partition coefficient (Wildman–Crippen LogP) is 1.92. The summed E-state index contributed by atoms with van der Waals surface area (Å²) >= 11 is 0. The van der Waals surface area contributed by atoms with E-state index in [4.69, 9.17) is 5.73 Å². The van der Waals surface area contributed by atoms with Crippen molar-refractivity contribution in [3.8, 4) is 5.75 Å². The molecule has 4 N–H and O–H groups in total. The molecular weight excluding hydrogens is 259 g/mol. The van der Waals surface area contributed by atoms with E-state index in [2.05, 4.69) is 5.32 Å². The van der Waals surface area contributed by atoms with Crippen molar-refractivity contribution >= 4 is 5.91 Å². The highest BCUT2D eigenvalue weighted by Gasteiger charge is 2.16. The summed E-state index contributed by atoms with van der Waals surface area (Å²) in [7, 11) is 0. The van der Waals surface area contributed by atoms with E-state index in [1.54, 1.807) is 0 Å². The molecule has 0 aliphatic carbocycles. The molecule has 0 saturated heterocycles. The van der Waals surface area contributed by atoms with Crippen LogP contribution in [-0.2, 0) is 13.1 Å². The molecule has 20 heavy (non-hydrogen) atoms. The van der Waals surface area contributed by atoms with Gasteiger partial charge in [0, 0.05) is 13.1 Å². The van der Waals surface area contributed by atoms with E-state index in [9.17, 15) is 14.3 Å². The Labute approximate surface area is 116 Å². The fourth-order valence-electron chi connectivity index (χ4n) is 1.93. The number of amides is 1. The maximum Gasteiger partial charge on any atom is 0.258 e. The molecule has 5 heteroatoms. The molecule has 0 aliphatic heterocycles. The van der Waals surface area contributed by atoms with Crippen molar-refractivity contribution in [3.05, 3.63) is 65.0 Å². The number of carbonyl (C=O) groups is 1. The van der Waals surface area contributed by atoms with Crippen molar-refractivity contribution in [2.75, 3.05) is 0 Å². The molecule has 1 amide bonds. The Bertz CT molecular complexity index is 609. The van der Waals surface area contributed by atoms with Crippen LogP contribution in [-0.4, -0.2) is 11.0 Å². The molecule has 0 heterocycles. The van der Waals surface area contributed by atoms with Gasteiger partial charge < -0.3 is 16.2 Å². The Balaban J connectivity index is 2.13. The maximum atomic E-state index is 13.5. The number of halogens is 1. The number of hydrogen-bond donors (Lipinski definition) is 3. The van der Waals surface area contributed by atoms with Crippen LogP contribution in [0.5, 0.6) is 5.75 Å². The number of phenolic OH excluding ortho intramolecular Hbond substituents is 1. The summed E-state index contributed by atoms with van der Waals surface area (Å²) in [6.45, 7) is 0.580. The molecule has 2 rings (SSSR count). The molecule has 0 aliphatic rings. The molecule has 2 aromatic rings. The molecule has 0 aromatic heterocycles. The number of phenols is 1. The van der Waals surface area contributed by atoms with Gasteiger partial charge in [0.25, 0.3) is 5.91 Å². The fraction of sp³-hybridized carbons (Fsp3) is 0.133. The van der Waals surface area contributed by atoms with E-state index in [1.807, 2.05) is 24.3 Å². The molecule has 104 valence electrons. The van der Waals surface area contributed by atoms with Crippen LogP contribution in [0.1, 0.15) is 21.5 Å². The standard InChI is InChI=1S/C15H15FN2O2/c16-12-6-3-7-13(19)14(12)15(20)18-9-11-5-2-1-4-10(11)8-17/h1-7,19H,8-9,17H2,(H,18,20). The maximum absolute atomic E-state index is 13.5. The zero-order valence-electron chi connectivity index (χ0n) is 10.8. The Kier molecular flexibility index (Phi) is 4.32. The van der Waals surface area contributed by atoms with Crippen molar-refractivity contribution in [1.29, 1.82) is 0 Å². The van der Waals surface area contributed by atoms with Crippen LogP contribution in [0.25, 0.3) is 0 Å². The monoisotopic (exact) mass is 274 g/mol. The number of nitrogens with two attached hydrogens (primary N) is 1. The molecule has 0 fully saturated rings. The van der Waals surface area contributed by atoms with Gasteiger partial charge in [-0.2, -0.15) is 0 Å². The van der Waals surface area contributed by atoms with Gasteiger partial charge in [-0.3, -0.25) is 4.79 Å². The second kappa shape index (κ2) is 6.16. The van der Waals surface area contributed by atoms with Crippen LogP contribution < -0.4 is 11.1 Å². The first kappa shape index (κ1) is 14.0. The summed E-state index contributed by atoms with van der Waals surface area (Å²) in [5.74, 6) is -1.79. The van der Waals surface area contributed by atoms with Crippen molar-refractivity contribution in [3.63, 3.8) is 0 Å². The SMILES string of the molecule is NCc1ccccc1CNC(=O)c1c(O)cccc1F. The Morgan fingerprint density at radius 3 is 2.50 bits per heavy atom. The average Bonchev–Trinajstić information content (AvgIpc) is 2.45. The van der Waals surface area contributed by atoms with Gasteiger partial charge in [-0.15, -0.1) is 0 Å². The van der Waals surface area contributed by atoms with Crippen molar-refractivity contribution in [2.45, 2.75) is 13.1 Å². The highest BCUT2D eigenvalue weighted by Crippen LogP contribution is 2.19. The summed E-state index contributed by atoms with van der Waals surface area (Å²) < 4.78 is 13.5. The summed E-state index contributed by atoms with van der Waals surface area (Å²) in [5.41, 5.74) is 7.02. The van der Waals surface area contributed by atoms with Crippen molar-refractivity contribution < 1.29 is 14.3 Å². The van der Waals surface area contributed by atoms with Crippen LogP contribution >= 0.6 is 0 Å². The third-order valence-electron chi connectivity index (χ3n) is 3.00. The smallest absolute Gasteiger partial charge is 0.258 e. The molecule has 0 unspecified atom stereocenters. The van der Waals surface area contributed by atoms with E-state index in [0.717, 1.165) is 17.2 Å². The largest absolute Gasteiger partial charge is 0.507 e. The first-order chi connectivity index (χ1) is 9.63. The molecule has 0 spiro atoms. The van der Waals surface area contributed by atoms with Crippen LogP contribution in [0.2, 0.25) is 0 Å². The first-order valence-corrected chi connectivity index (χ1v) is 6.16. The minimum Gasteiger partial charge on any atom is -0.507 e. The second-order valence-corrected chi connectivity index (χ2v) is 4.29. The zero-order chi connectivity index (χ0) is 14.5.